The van der Waals surface area contributed by atoms with Gasteiger partial charge in [-0.2, -0.15) is 5.10 Å². The van der Waals surface area contributed by atoms with Crippen LogP contribution in [0.5, 0.6) is 0 Å². The van der Waals surface area contributed by atoms with Crippen LogP contribution in [-0.2, 0) is 13.1 Å². The molecule has 0 bridgehead atoms. The summed E-state index contributed by atoms with van der Waals surface area (Å²) in [7, 11) is 0. The molecule has 1 saturated carbocycles. The van der Waals surface area contributed by atoms with Gasteiger partial charge in [0.15, 0.2) is 0 Å². The molecule has 1 saturated heterocycles. The average molecular weight is 356 g/mol. The lowest BCUT2D eigenvalue weighted by Crippen LogP contribution is -2.35. The number of carbonyl (C=O) groups is 1. The number of carbonyl (C=O) groups excluding carboxylic acids is 1. The second-order valence-corrected chi connectivity index (χ2v) is 7.67. The van der Waals surface area contributed by atoms with Gasteiger partial charge in [-0.3, -0.25) is 9.48 Å². The smallest absolute Gasteiger partial charge is 0.272 e. The Bertz CT molecular complexity index is 773. The van der Waals surface area contributed by atoms with E-state index in [-0.39, 0.29) is 17.2 Å². The first-order chi connectivity index (χ1) is 12.7. The van der Waals surface area contributed by atoms with Crippen molar-refractivity contribution in [1.82, 2.24) is 29.4 Å². The molecule has 7 nitrogen and oxygen atoms in total. The van der Waals surface area contributed by atoms with Crippen molar-refractivity contribution in [3.05, 3.63) is 30.1 Å². The number of hydrogen-bond acceptors (Lipinski definition) is 4. The fourth-order valence-corrected chi connectivity index (χ4v) is 4.95. The van der Waals surface area contributed by atoms with Gasteiger partial charge in [-0.25, -0.2) is 0 Å². The maximum atomic E-state index is 13.2. The average Bonchev–Trinajstić information content (AvgIpc) is 3.39. The van der Waals surface area contributed by atoms with Crippen LogP contribution in [0.1, 0.15) is 68.2 Å². The molecular weight excluding hydrogens is 328 g/mol. The van der Waals surface area contributed by atoms with E-state index in [4.69, 9.17) is 0 Å². The Morgan fingerprint density at radius 2 is 2.04 bits per heavy atom. The molecule has 2 aromatic rings. The summed E-state index contributed by atoms with van der Waals surface area (Å²) in [5.74, 6) is 1.42. The summed E-state index contributed by atoms with van der Waals surface area (Å²) < 4.78 is 3.93. The lowest BCUT2D eigenvalue weighted by Gasteiger charge is -2.37. The number of amides is 1. The topological polar surface area (TPSA) is 68.8 Å². The quantitative estimate of drug-likeness (QED) is 0.845. The van der Waals surface area contributed by atoms with E-state index >= 15 is 0 Å². The van der Waals surface area contributed by atoms with Crippen LogP contribution in [-0.4, -0.2) is 48.4 Å². The molecule has 1 unspecified atom stereocenters. The second kappa shape index (κ2) is 6.85. The first-order valence-electron chi connectivity index (χ1n) is 9.87. The maximum absolute atomic E-state index is 13.2. The summed E-state index contributed by atoms with van der Waals surface area (Å²) in [5, 5.41) is 12.9. The normalized spacial score (nSPS) is 22.2. The van der Waals surface area contributed by atoms with Gasteiger partial charge in [0.1, 0.15) is 17.8 Å². The predicted molar refractivity (Wildman–Crippen MR) is 97.8 cm³/mol. The van der Waals surface area contributed by atoms with Crippen molar-refractivity contribution in [3.8, 4) is 0 Å². The Hall–Kier alpha value is -2.18. The molecule has 2 aliphatic rings. The van der Waals surface area contributed by atoms with Crippen molar-refractivity contribution in [2.45, 2.75) is 65.0 Å². The van der Waals surface area contributed by atoms with E-state index in [0.29, 0.717) is 12.2 Å². The molecule has 1 aliphatic heterocycles. The molecule has 1 atom stereocenters. The van der Waals surface area contributed by atoms with Crippen molar-refractivity contribution in [1.29, 1.82) is 0 Å². The Morgan fingerprint density at radius 3 is 2.77 bits per heavy atom. The molecule has 2 fully saturated rings. The van der Waals surface area contributed by atoms with Crippen molar-refractivity contribution in [2.75, 3.05) is 13.1 Å². The van der Waals surface area contributed by atoms with Crippen molar-refractivity contribution in [2.24, 2.45) is 5.41 Å². The van der Waals surface area contributed by atoms with E-state index in [2.05, 4.69) is 26.8 Å². The van der Waals surface area contributed by atoms with E-state index in [1.165, 1.54) is 32.1 Å². The van der Waals surface area contributed by atoms with E-state index in [1.54, 1.807) is 10.9 Å². The Morgan fingerprint density at radius 1 is 1.23 bits per heavy atom. The summed E-state index contributed by atoms with van der Waals surface area (Å²) in [6.45, 7) is 7.27. The molecule has 4 rings (SSSR count). The number of rotatable bonds is 4. The number of likely N-dealkylation sites (tertiary alicyclic amines) is 1. The summed E-state index contributed by atoms with van der Waals surface area (Å²) in [4.78, 5) is 15.2. The highest BCUT2D eigenvalue weighted by Gasteiger charge is 2.50. The van der Waals surface area contributed by atoms with E-state index in [1.807, 2.05) is 24.2 Å². The van der Waals surface area contributed by atoms with Gasteiger partial charge in [-0.1, -0.05) is 19.3 Å². The predicted octanol–water partition coefficient (Wildman–Crippen LogP) is 2.70. The van der Waals surface area contributed by atoms with Gasteiger partial charge in [0.25, 0.3) is 5.91 Å². The summed E-state index contributed by atoms with van der Waals surface area (Å²) in [6, 6.07) is 1.83. The fourth-order valence-electron chi connectivity index (χ4n) is 4.95. The van der Waals surface area contributed by atoms with Crippen LogP contribution >= 0.6 is 0 Å². The van der Waals surface area contributed by atoms with E-state index < -0.39 is 0 Å². The highest BCUT2D eigenvalue weighted by Crippen LogP contribution is 2.51. The van der Waals surface area contributed by atoms with Crippen molar-refractivity contribution < 1.29 is 4.79 Å². The number of aromatic nitrogens is 5. The molecule has 0 radical (unpaired) electrons. The van der Waals surface area contributed by atoms with Crippen LogP contribution in [0.15, 0.2) is 18.6 Å². The third-order valence-corrected chi connectivity index (χ3v) is 6.32. The number of hydrogen-bond donors (Lipinski definition) is 0. The largest absolute Gasteiger partial charge is 0.336 e. The van der Waals surface area contributed by atoms with Crippen LogP contribution in [0.3, 0.4) is 0 Å². The maximum Gasteiger partial charge on any atom is 0.272 e. The third-order valence-electron chi connectivity index (χ3n) is 6.32. The first-order valence-corrected chi connectivity index (χ1v) is 9.87. The zero-order valence-corrected chi connectivity index (χ0v) is 15.8. The van der Waals surface area contributed by atoms with Gasteiger partial charge in [0.2, 0.25) is 0 Å². The van der Waals surface area contributed by atoms with Crippen LogP contribution in [0, 0.1) is 5.41 Å². The highest BCUT2D eigenvalue weighted by atomic mass is 16.2. The van der Waals surface area contributed by atoms with E-state index in [9.17, 15) is 4.79 Å². The SMILES string of the molecule is CCn1cnnc1C1CN(C(=O)c2ccnn2CC)CC12CCCCC2. The Kier molecular flexibility index (Phi) is 4.54. The standard InChI is InChI=1S/C19H28N6O/c1-3-23-14-20-22-17(23)15-12-24(13-19(15)9-6-5-7-10-19)18(26)16-8-11-21-25(16)4-2/h8,11,14-15H,3-7,9-10,12-13H2,1-2H3. The minimum absolute atomic E-state index is 0.0966. The molecule has 2 aromatic heterocycles. The molecule has 0 N–H and O–H groups in total. The highest BCUT2D eigenvalue weighted by molar-refractivity contribution is 5.92. The number of aryl methyl sites for hydroxylation is 2. The van der Waals surface area contributed by atoms with Gasteiger partial charge in [-0.15, -0.1) is 10.2 Å². The summed E-state index contributed by atoms with van der Waals surface area (Å²) >= 11 is 0. The second-order valence-electron chi connectivity index (χ2n) is 7.67. The molecule has 140 valence electrons. The summed E-state index contributed by atoms with van der Waals surface area (Å²) in [6.07, 6.45) is 9.66. The molecule has 26 heavy (non-hydrogen) atoms. The van der Waals surface area contributed by atoms with Crippen molar-refractivity contribution >= 4 is 5.91 Å². The van der Waals surface area contributed by atoms with Crippen LogP contribution < -0.4 is 0 Å². The van der Waals surface area contributed by atoms with Crippen LogP contribution in [0.25, 0.3) is 0 Å². The van der Waals surface area contributed by atoms with Gasteiger partial charge in [0, 0.05) is 38.3 Å². The van der Waals surface area contributed by atoms with Crippen LogP contribution in [0.2, 0.25) is 0 Å². The van der Waals surface area contributed by atoms with Gasteiger partial charge >= 0.3 is 0 Å². The molecule has 3 heterocycles. The van der Waals surface area contributed by atoms with Gasteiger partial charge in [-0.05, 0) is 38.2 Å². The molecule has 1 aliphatic carbocycles. The lowest BCUT2D eigenvalue weighted by molar-refractivity contribution is 0.0746. The molecule has 1 spiro atoms. The molecule has 7 heteroatoms. The number of nitrogens with zero attached hydrogens (tertiary/aromatic N) is 6. The summed E-state index contributed by atoms with van der Waals surface area (Å²) in [5.41, 5.74) is 0.835. The zero-order valence-electron chi connectivity index (χ0n) is 15.8. The van der Waals surface area contributed by atoms with Gasteiger partial charge in [0.05, 0.1) is 0 Å². The Labute approximate surface area is 154 Å². The Balaban J connectivity index is 1.66. The minimum atomic E-state index is 0.0966. The first kappa shape index (κ1) is 17.2. The van der Waals surface area contributed by atoms with Gasteiger partial charge < -0.3 is 9.47 Å². The zero-order chi connectivity index (χ0) is 18.1. The van der Waals surface area contributed by atoms with Crippen LogP contribution in [0.4, 0.5) is 0 Å². The van der Waals surface area contributed by atoms with Crippen molar-refractivity contribution in [3.63, 3.8) is 0 Å². The van der Waals surface area contributed by atoms with E-state index in [0.717, 1.165) is 25.5 Å². The molecule has 0 aromatic carbocycles. The molecule has 1 amide bonds. The fraction of sp³-hybridized carbons (Fsp3) is 0.684. The lowest BCUT2D eigenvalue weighted by atomic mass is 9.67. The monoisotopic (exact) mass is 356 g/mol. The third kappa shape index (κ3) is 2.73. The minimum Gasteiger partial charge on any atom is -0.336 e. The molecular formula is C19H28N6O.